The average molecular weight is 287 g/mol. The normalized spacial score (nSPS) is 19.6. The predicted octanol–water partition coefficient (Wildman–Crippen LogP) is 2.20. The number of halogens is 2. The zero-order chi connectivity index (χ0) is 13.8. The fraction of sp³-hybridized carbons (Fsp3) is 0.571. The van der Waals surface area contributed by atoms with Crippen LogP contribution in [-0.4, -0.2) is 42.8 Å². The van der Waals surface area contributed by atoms with Gasteiger partial charge in [-0.05, 0) is 50.7 Å². The van der Waals surface area contributed by atoms with Crippen molar-refractivity contribution in [3.05, 3.63) is 34.6 Å². The van der Waals surface area contributed by atoms with E-state index >= 15 is 0 Å². The van der Waals surface area contributed by atoms with E-state index in [1.54, 1.807) is 6.07 Å². The summed E-state index contributed by atoms with van der Waals surface area (Å²) in [5, 5.41) is 13.0. The lowest BCUT2D eigenvalue weighted by molar-refractivity contribution is 0.190. The maximum atomic E-state index is 13.5. The Labute approximate surface area is 118 Å². The first-order chi connectivity index (χ1) is 9.10. The highest BCUT2D eigenvalue weighted by atomic mass is 35.5. The molecule has 106 valence electrons. The highest BCUT2D eigenvalue weighted by Crippen LogP contribution is 2.22. The Morgan fingerprint density at radius 2 is 2.16 bits per heavy atom. The minimum absolute atomic E-state index is 0.0482. The first kappa shape index (κ1) is 14.7. The van der Waals surface area contributed by atoms with Gasteiger partial charge in [-0.15, -0.1) is 0 Å². The second kappa shape index (κ2) is 6.66. The van der Waals surface area contributed by atoms with Crippen LogP contribution >= 0.6 is 11.6 Å². The van der Waals surface area contributed by atoms with Crippen LogP contribution in [0.3, 0.4) is 0 Å². The van der Waals surface area contributed by atoms with Crippen molar-refractivity contribution in [1.82, 2.24) is 10.2 Å². The molecule has 0 bridgehead atoms. The van der Waals surface area contributed by atoms with Crippen LogP contribution in [0.2, 0.25) is 5.02 Å². The molecule has 0 spiro atoms. The minimum atomic E-state index is -0.442. The summed E-state index contributed by atoms with van der Waals surface area (Å²) in [4.78, 5) is 2.29. The molecular weight excluding hydrogens is 267 g/mol. The van der Waals surface area contributed by atoms with E-state index in [-0.39, 0.29) is 17.7 Å². The summed E-state index contributed by atoms with van der Waals surface area (Å²) in [6, 6.07) is 4.82. The number of piperidine rings is 1. The predicted molar refractivity (Wildman–Crippen MR) is 74.9 cm³/mol. The van der Waals surface area contributed by atoms with Crippen molar-refractivity contribution in [3.63, 3.8) is 0 Å². The van der Waals surface area contributed by atoms with E-state index in [0.717, 1.165) is 31.5 Å². The molecule has 3 nitrogen and oxygen atoms in total. The van der Waals surface area contributed by atoms with Crippen LogP contribution in [0.15, 0.2) is 18.2 Å². The van der Waals surface area contributed by atoms with Gasteiger partial charge in [0.05, 0.1) is 17.7 Å². The molecule has 2 rings (SSSR count). The van der Waals surface area contributed by atoms with E-state index < -0.39 is 5.82 Å². The summed E-state index contributed by atoms with van der Waals surface area (Å²) >= 11 is 5.67. The molecule has 1 aliphatic heterocycles. The van der Waals surface area contributed by atoms with Gasteiger partial charge < -0.3 is 15.3 Å². The van der Waals surface area contributed by atoms with Crippen molar-refractivity contribution >= 4 is 11.6 Å². The van der Waals surface area contributed by atoms with Crippen LogP contribution in [-0.2, 0) is 0 Å². The van der Waals surface area contributed by atoms with E-state index in [4.69, 9.17) is 11.6 Å². The van der Waals surface area contributed by atoms with E-state index in [9.17, 15) is 9.50 Å². The smallest absolute Gasteiger partial charge is 0.142 e. The van der Waals surface area contributed by atoms with Crippen LogP contribution in [0, 0.1) is 5.82 Å². The number of aliphatic hydroxyl groups is 1. The molecule has 1 unspecified atom stereocenters. The van der Waals surface area contributed by atoms with Gasteiger partial charge in [0.1, 0.15) is 5.82 Å². The molecule has 0 aliphatic carbocycles. The molecule has 1 aromatic carbocycles. The molecule has 1 heterocycles. The Morgan fingerprint density at radius 1 is 1.47 bits per heavy atom. The zero-order valence-corrected chi connectivity index (χ0v) is 11.8. The summed E-state index contributed by atoms with van der Waals surface area (Å²) in [5.74, 6) is -0.442. The third kappa shape index (κ3) is 3.89. The van der Waals surface area contributed by atoms with E-state index in [2.05, 4.69) is 17.3 Å². The topological polar surface area (TPSA) is 35.5 Å². The highest BCUT2D eigenvalue weighted by Gasteiger charge is 2.21. The molecule has 1 fully saturated rings. The van der Waals surface area contributed by atoms with Gasteiger partial charge in [-0.25, -0.2) is 4.39 Å². The van der Waals surface area contributed by atoms with Crippen LogP contribution in [0.4, 0.5) is 4.39 Å². The molecule has 5 heteroatoms. The molecule has 1 atom stereocenters. The quantitative estimate of drug-likeness (QED) is 0.891. The van der Waals surface area contributed by atoms with Gasteiger partial charge in [0.15, 0.2) is 0 Å². The summed E-state index contributed by atoms with van der Waals surface area (Å²) in [5.41, 5.74) is 0.739. The van der Waals surface area contributed by atoms with Crippen molar-refractivity contribution in [2.75, 3.05) is 26.7 Å². The average Bonchev–Trinajstić information content (AvgIpc) is 2.41. The third-order valence-corrected chi connectivity index (χ3v) is 3.99. The van der Waals surface area contributed by atoms with Crippen molar-refractivity contribution in [3.8, 4) is 0 Å². The van der Waals surface area contributed by atoms with Crippen molar-refractivity contribution < 1.29 is 9.50 Å². The Hall–Kier alpha value is -0.680. The Morgan fingerprint density at radius 3 is 2.74 bits per heavy atom. The monoisotopic (exact) mass is 286 g/mol. The van der Waals surface area contributed by atoms with Crippen LogP contribution in [0.25, 0.3) is 0 Å². The molecule has 1 aromatic rings. The molecule has 0 amide bonds. The van der Waals surface area contributed by atoms with Gasteiger partial charge in [0.2, 0.25) is 0 Å². The van der Waals surface area contributed by atoms with Crippen LogP contribution in [0.5, 0.6) is 0 Å². The molecule has 19 heavy (non-hydrogen) atoms. The molecule has 0 saturated carbocycles. The number of hydrogen-bond acceptors (Lipinski definition) is 3. The molecule has 1 saturated heterocycles. The van der Waals surface area contributed by atoms with Gasteiger partial charge >= 0.3 is 0 Å². The van der Waals surface area contributed by atoms with Crippen LogP contribution in [0.1, 0.15) is 24.4 Å². The molecular formula is C14H20ClFN2O. The van der Waals surface area contributed by atoms with Gasteiger partial charge in [-0.1, -0.05) is 17.7 Å². The van der Waals surface area contributed by atoms with Gasteiger partial charge in [-0.3, -0.25) is 0 Å². The van der Waals surface area contributed by atoms with E-state index in [1.165, 1.54) is 12.1 Å². The lowest BCUT2D eigenvalue weighted by atomic mass is 10.0. The highest BCUT2D eigenvalue weighted by molar-refractivity contribution is 6.30. The van der Waals surface area contributed by atoms with E-state index in [0.29, 0.717) is 6.04 Å². The number of nitrogens with one attached hydrogen (secondary N) is 1. The Kier molecular flexibility index (Phi) is 5.16. The first-order valence-electron chi connectivity index (χ1n) is 6.60. The lowest BCUT2D eigenvalue weighted by Crippen LogP contribution is -2.43. The fourth-order valence-corrected chi connectivity index (χ4v) is 2.56. The largest absolute Gasteiger partial charge is 0.394 e. The maximum absolute atomic E-state index is 13.5. The number of aliphatic hydroxyl groups excluding tert-OH is 1. The summed E-state index contributed by atoms with van der Waals surface area (Å²) in [7, 11) is 2.11. The Bertz CT molecular complexity index is 422. The standard InChI is InChI=1S/C14H20ClFN2O/c1-18-6-4-11(5-7-18)17-14(9-19)10-2-3-12(15)13(16)8-10/h2-3,8,11,14,17,19H,4-7,9H2,1H3. The zero-order valence-electron chi connectivity index (χ0n) is 11.1. The van der Waals surface area contributed by atoms with Crippen molar-refractivity contribution in [1.29, 1.82) is 0 Å². The summed E-state index contributed by atoms with van der Waals surface area (Å²) < 4.78 is 13.5. The second-order valence-electron chi connectivity index (χ2n) is 5.15. The van der Waals surface area contributed by atoms with Crippen molar-refractivity contribution in [2.24, 2.45) is 0 Å². The molecule has 0 aromatic heterocycles. The summed E-state index contributed by atoms with van der Waals surface area (Å²) in [6.07, 6.45) is 2.09. The lowest BCUT2D eigenvalue weighted by Gasteiger charge is -2.32. The van der Waals surface area contributed by atoms with E-state index in [1.807, 2.05) is 0 Å². The molecule has 0 radical (unpaired) electrons. The third-order valence-electron chi connectivity index (χ3n) is 3.68. The molecule has 1 aliphatic rings. The van der Waals surface area contributed by atoms with Crippen molar-refractivity contribution in [2.45, 2.75) is 24.9 Å². The minimum Gasteiger partial charge on any atom is -0.394 e. The SMILES string of the molecule is CN1CCC(NC(CO)c2ccc(Cl)c(F)c2)CC1. The summed E-state index contributed by atoms with van der Waals surface area (Å²) in [6.45, 7) is 2.04. The number of likely N-dealkylation sites (tertiary alicyclic amines) is 1. The number of nitrogens with zero attached hydrogens (tertiary/aromatic N) is 1. The van der Waals surface area contributed by atoms with Gasteiger partial charge in [0, 0.05) is 6.04 Å². The number of rotatable bonds is 4. The first-order valence-corrected chi connectivity index (χ1v) is 6.98. The number of hydrogen-bond donors (Lipinski definition) is 2. The molecule has 2 N–H and O–H groups in total. The Balaban J connectivity index is 2.01. The fourth-order valence-electron chi connectivity index (χ4n) is 2.44. The number of benzene rings is 1. The second-order valence-corrected chi connectivity index (χ2v) is 5.56. The van der Waals surface area contributed by atoms with Gasteiger partial charge in [0.25, 0.3) is 0 Å². The van der Waals surface area contributed by atoms with Crippen LogP contribution < -0.4 is 5.32 Å². The van der Waals surface area contributed by atoms with Gasteiger partial charge in [-0.2, -0.15) is 0 Å². The maximum Gasteiger partial charge on any atom is 0.142 e.